The average molecular weight is 601 g/mol. The van der Waals surface area contributed by atoms with E-state index in [0.29, 0.717) is 35.8 Å². The lowest BCUT2D eigenvalue weighted by atomic mass is 9.95. The normalized spacial score (nSPS) is 25.9. The van der Waals surface area contributed by atoms with Gasteiger partial charge in [-0.2, -0.15) is 9.97 Å². The summed E-state index contributed by atoms with van der Waals surface area (Å²) in [5.74, 6) is -1.13. The van der Waals surface area contributed by atoms with Crippen LogP contribution in [0.1, 0.15) is 19.3 Å². The van der Waals surface area contributed by atoms with Crippen LogP contribution in [-0.4, -0.2) is 83.6 Å². The standard InChI is InChI=1S/C30H29ClF4N6O/c1-40(22-13-36-12-21(22)34)28-19-11-37-26(18-5-2-4-16-6-7-20(33)24(31)23(16)18)25(35)27(19)38-29(39-28)42-15-30-8-3-9-41(30)14-17(32)10-30/h2,4-7,11,17,21-22,36H,3,8-10,12-15H2,1H3/t17-,21+,22+,30+/m1/s1. The van der Waals surface area contributed by atoms with Gasteiger partial charge in [-0.15, -0.1) is 0 Å². The Morgan fingerprint density at radius 2 is 2.02 bits per heavy atom. The maximum absolute atomic E-state index is 16.5. The van der Waals surface area contributed by atoms with Gasteiger partial charge in [-0.3, -0.25) is 9.88 Å². The van der Waals surface area contributed by atoms with Crippen molar-refractivity contribution in [3.8, 4) is 17.3 Å². The highest BCUT2D eigenvalue weighted by molar-refractivity contribution is 6.36. The predicted molar refractivity (Wildman–Crippen MR) is 154 cm³/mol. The number of nitrogens with one attached hydrogen (secondary N) is 1. The smallest absolute Gasteiger partial charge is 0.319 e. The van der Waals surface area contributed by atoms with Gasteiger partial charge in [0.15, 0.2) is 5.82 Å². The van der Waals surface area contributed by atoms with Crippen molar-refractivity contribution in [3.05, 3.63) is 53.2 Å². The van der Waals surface area contributed by atoms with Crippen LogP contribution in [0.4, 0.5) is 23.4 Å². The zero-order chi connectivity index (χ0) is 29.2. The highest BCUT2D eigenvalue weighted by atomic mass is 35.5. The second-order valence-corrected chi connectivity index (χ2v) is 11.9. The Morgan fingerprint density at radius 1 is 1.17 bits per heavy atom. The highest BCUT2D eigenvalue weighted by Gasteiger charge is 2.49. The molecule has 3 aliphatic heterocycles. The van der Waals surface area contributed by atoms with Gasteiger partial charge in [-0.1, -0.05) is 35.9 Å². The van der Waals surface area contributed by atoms with Crippen LogP contribution in [0.15, 0.2) is 36.5 Å². The van der Waals surface area contributed by atoms with Crippen LogP contribution in [0.2, 0.25) is 5.02 Å². The molecule has 7 rings (SSSR count). The lowest BCUT2D eigenvalue weighted by Crippen LogP contribution is -2.43. The van der Waals surface area contributed by atoms with Crippen LogP contribution in [0, 0.1) is 11.6 Å². The molecular formula is C30H29ClF4N6O. The molecule has 0 bridgehead atoms. The summed E-state index contributed by atoms with van der Waals surface area (Å²) in [4.78, 5) is 17.2. The number of alkyl halides is 2. The molecule has 4 aromatic rings. The minimum absolute atomic E-state index is 0.0682. The summed E-state index contributed by atoms with van der Waals surface area (Å²) in [6.45, 7) is 1.88. The molecule has 12 heteroatoms. The summed E-state index contributed by atoms with van der Waals surface area (Å²) in [5, 5.41) is 4.11. The summed E-state index contributed by atoms with van der Waals surface area (Å²) in [5.41, 5.74) is -0.305. The zero-order valence-electron chi connectivity index (χ0n) is 22.9. The average Bonchev–Trinajstić information content (AvgIpc) is 3.67. The van der Waals surface area contributed by atoms with E-state index in [4.69, 9.17) is 16.3 Å². The first-order valence-corrected chi connectivity index (χ1v) is 14.5. The van der Waals surface area contributed by atoms with Gasteiger partial charge in [-0.05, 0) is 30.8 Å². The van der Waals surface area contributed by atoms with Gasteiger partial charge in [0.05, 0.1) is 22.0 Å². The van der Waals surface area contributed by atoms with Gasteiger partial charge in [0.25, 0.3) is 0 Å². The summed E-state index contributed by atoms with van der Waals surface area (Å²) >= 11 is 6.34. The molecule has 1 N–H and O–H groups in total. The first kappa shape index (κ1) is 27.5. The van der Waals surface area contributed by atoms with Crippen LogP contribution >= 0.6 is 11.6 Å². The predicted octanol–water partition coefficient (Wildman–Crippen LogP) is 5.48. The van der Waals surface area contributed by atoms with Crippen LogP contribution in [0.25, 0.3) is 32.9 Å². The molecule has 0 amide bonds. The largest absolute Gasteiger partial charge is 0.461 e. The summed E-state index contributed by atoms with van der Waals surface area (Å²) in [6, 6.07) is 7.27. The van der Waals surface area contributed by atoms with Crippen molar-refractivity contribution in [2.75, 3.05) is 44.7 Å². The lowest BCUT2D eigenvalue weighted by Gasteiger charge is -2.31. The summed E-state index contributed by atoms with van der Waals surface area (Å²) < 4.78 is 66.2. The van der Waals surface area contributed by atoms with Gasteiger partial charge < -0.3 is 15.0 Å². The third-order valence-corrected chi connectivity index (χ3v) is 9.38. The van der Waals surface area contributed by atoms with Gasteiger partial charge in [0, 0.05) is 50.2 Å². The van der Waals surface area contributed by atoms with Crippen LogP contribution in [0.5, 0.6) is 6.01 Å². The van der Waals surface area contributed by atoms with Crippen molar-refractivity contribution in [2.45, 2.75) is 43.2 Å². The number of aromatic nitrogens is 3. The minimum atomic E-state index is -1.17. The molecule has 3 aliphatic rings. The fraction of sp³-hybridized carbons (Fsp3) is 0.433. The van der Waals surface area contributed by atoms with E-state index >= 15 is 4.39 Å². The molecule has 0 spiro atoms. The van der Waals surface area contributed by atoms with Crippen molar-refractivity contribution < 1.29 is 22.3 Å². The number of nitrogens with zero attached hydrogens (tertiary/aromatic N) is 5. The van der Waals surface area contributed by atoms with Crippen molar-refractivity contribution in [1.82, 2.24) is 25.2 Å². The quantitative estimate of drug-likeness (QED) is 0.294. The van der Waals surface area contributed by atoms with Gasteiger partial charge in [-0.25, -0.2) is 17.6 Å². The number of hydrogen-bond donors (Lipinski definition) is 1. The first-order valence-electron chi connectivity index (χ1n) is 14.1. The minimum Gasteiger partial charge on any atom is -0.461 e. The van der Waals surface area contributed by atoms with E-state index in [0.717, 1.165) is 19.4 Å². The van der Waals surface area contributed by atoms with Crippen LogP contribution < -0.4 is 15.0 Å². The maximum atomic E-state index is 16.5. The third-order valence-electron chi connectivity index (χ3n) is 9.01. The van der Waals surface area contributed by atoms with Gasteiger partial charge in [0.1, 0.15) is 41.8 Å². The van der Waals surface area contributed by atoms with Crippen molar-refractivity contribution in [2.24, 2.45) is 0 Å². The summed E-state index contributed by atoms with van der Waals surface area (Å²) in [6.07, 6.45) is 1.41. The third kappa shape index (κ3) is 4.44. The van der Waals surface area contributed by atoms with Gasteiger partial charge in [0.2, 0.25) is 0 Å². The molecule has 0 radical (unpaired) electrons. The SMILES string of the molecule is CN(c1nc(OC[C@@]23CCCN2C[C@H](F)C3)nc2c(F)c(-c3cccc4ccc(F)c(Cl)c34)ncc12)[C@H]1CNC[C@@H]1F. The van der Waals surface area contributed by atoms with E-state index in [1.165, 1.54) is 12.3 Å². The zero-order valence-corrected chi connectivity index (χ0v) is 23.6. The fourth-order valence-electron chi connectivity index (χ4n) is 6.87. The van der Waals surface area contributed by atoms with E-state index in [-0.39, 0.29) is 46.6 Å². The molecule has 3 saturated heterocycles. The Bertz CT molecular complexity index is 1690. The Labute approximate surface area is 244 Å². The van der Waals surface area contributed by atoms with E-state index in [1.807, 2.05) is 0 Å². The Morgan fingerprint density at radius 3 is 2.83 bits per heavy atom. The van der Waals surface area contributed by atoms with Crippen molar-refractivity contribution >= 4 is 39.1 Å². The molecule has 7 nitrogen and oxygen atoms in total. The van der Waals surface area contributed by atoms with E-state index < -0.39 is 35.6 Å². The number of benzene rings is 2. The monoisotopic (exact) mass is 600 g/mol. The molecule has 2 aromatic carbocycles. The number of ether oxygens (including phenoxy) is 1. The molecule has 220 valence electrons. The van der Waals surface area contributed by atoms with Crippen LogP contribution in [-0.2, 0) is 0 Å². The van der Waals surface area contributed by atoms with E-state index in [1.54, 1.807) is 36.2 Å². The number of fused-ring (bicyclic) bond motifs is 3. The molecule has 0 saturated carbocycles. The number of likely N-dealkylation sites (N-methyl/N-ethyl adjacent to an activating group) is 1. The number of rotatable bonds is 6. The van der Waals surface area contributed by atoms with Gasteiger partial charge >= 0.3 is 6.01 Å². The molecule has 5 heterocycles. The molecule has 3 fully saturated rings. The van der Waals surface area contributed by atoms with Crippen molar-refractivity contribution in [1.29, 1.82) is 0 Å². The molecule has 0 unspecified atom stereocenters. The fourth-order valence-corrected chi connectivity index (χ4v) is 7.14. The van der Waals surface area contributed by atoms with E-state index in [2.05, 4.69) is 25.2 Å². The maximum Gasteiger partial charge on any atom is 0.319 e. The summed E-state index contributed by atoms with van der Waals surface area (Å²) in [7, 11) is 1.69. The first-order chi connectivity index (χ1) is 20.3. The number of pyridine rings is 1. The Hall–Kier alpha value is -3.28. The molecule has 2 aromatic heterocycles. The number of hydrogen-bond acceptors (Lipinski definition) is 7. The lowest BCUT2D eigenvalue weighted by molar-refractivity contribution is 0.107. The highest BCUT2D eigenvalue weighted by Crippen LogP contribution is 2.41. The Kier molecular flexibility index (Phi) is 6.86. The number of anilines is 1. The molecule has 4 atom stereocenters. The van der Waals surface area contributed by atoms with E-state index in [9.17, 15) is 13.2 Å². The molecule has 42 heavy (non-hydrogen) atoms. The Balaban J connectivity index is 1.36. The van der Waals surface area contributed by atoms with Crippen molar-refractivity contribution in [3.63, 3.8) is 0 Å². The second-order valence-electron chi connectivity index (χ2n) is 11.5. The molecular weight excluding hydrogens is 572 g/mol. The van der Waals surface area contributed by atoms with Crippen LogP contribution in [0.3, 0.4) is 0 Å². The molecule has 0 aliphatic carbocycles. The second kappa shape index (κ2) is 10.5. The number of halogens is 5. The topological polar surface area (TPSA) is 66.4 Å².